The molecule has 2 aliphatic heterocycles. The van der Waals surface area contributed by atoms with Crippen LogP contribution < -0.4 is 10.5 Å². The fourth-order valence-corrected chi connectivity index (χ4v) is 5.00. The second-order valence-corrected chi connectivity index (χ2v) is 10.4. The Hall–Kier alpha value is -3.84. The molecule has 4 rings (SSSR count). The highest BCUT2D eigenvalue weighted by Crippen LogP contribution is 2.27. The minimum absolute atomic E-state index is 0.0296. The summed E-state index contributed by atoms with van der Waals surface area (Å²) in [5.41, 5.74) is 0.351. The number of piperidine rings is 2. The number of hydrogen-bond acceptors (Lipinski definition) is 9. The van der Waals surface area contributed by atoms with Crippen LogP contribution in [0, 0.1) is 6.92 Å². The van der Waals surface area contributed by atoms with Gasteiger partial charge < -0.3 is 25.3 Å². The number of carbonyl (C=O) groups is 3. The maximum absolute atomic E-state index is 12.3. The zero-order valence-corrected chi connectivity index (χ0v) is 22.6. The number of aromatic amines is 1. The number of carboxylic acids is 3. The number of pyridine rings is 1. The van der Waals surface area contributed by atoms with E-state index < -0.39 is 36.4 Å². The van der Waals surface area contributed by atoms with Gasteiger partial charge in [0.05, 0.1) is 24.2 Å². The second-order valence-electron chi connectivity index (χ2n) is 10.4. The van der Waals surface area contributed by atoms with Crippen LogP contribution >= 0.6 is 0 Å². The lowest BCUT2D eigenvalue weighted by Gasteiger charge is -2.33. The first-order valence-electron chi connectivity index (χ1n) is 13.4. The molecule has 2 saturated heterocycles. The topological polar surface area (TPSA) is 197 Å². The van der Waals surface area contributed by atoms with Crippen LogP contribution in [0.4, 0.5) is 5.95 Å². The van der Waals surface area contributed by atoms with Gasteiger partial charge in [0, 0.05) is 43.9 Å². The minimum Gasteiger partial charge on any atom is -0.481 e. The summed E-state index contributed by atoms with van der Waals surface area (Å²) in [6.07, 6.45) is 3.55. The molecule has 4 heterocycles. The normalized spacial score (nSPS) is 17.9. The summed E-state index contributed by atoms with van der Waals surface area (Å²) >= 11 is 0. The molecule has 2 fully saturated rings. The molecular formula is C27H37N5O8. The van der Waals surface area contributed by atoms with Gasteiger partial charge in [0.1, 0.15) is 0 Å². The number of aryl methyl sites for hydroxylation is 1. The standard InChI is InChI=1S/C21H29N5O.C6H8O7/c1-16-7-5-9-18(22-16)15-25-10-6-8-17(14-25)19-13-20(27)24-21(23-19)26-11-3-2-4-12-26;7-3(8)1-6(13,5(11)12)2-4(9)10/h5,7,9,13,17H,2-4,6,8,10-12,14-15H2,1H3,(H,23,24,27);13H,1-2H2,(H,7,8)(H,9,10)(H,11,12). The van der Waals surface area contributed by atoms with E-state index >= 15 is 0 Å². The zero-order valence-electron chi connectivity index (χ0n) is 22.6. The van der Waals surface area contributed by atoms with Gasteiger partial charge in [-0.05, 0) is 57.7 Å². The average molecular weight is 560 g/mol. The van der Waals surface area contributed by atoms with E-state index in [1.807, 2.05) is 13.0 Å². The van der Waals surface area contributed by atoms with Crippen LogP contribution in [0.25, 0.3) is 0 Å². The van der Waals surface area contributed by atoms with E-state index in [1.54, 1.807) is 6.07 Å². The molecule has 0 amide bonds. The molecule has 5 N–H and O–H groups in total. The second kappa shape index (κ2) is 14.0. The Morgan fingerprint density at radius 3 is 2.27 bits per heavy atom. The van der Waals surface area contributed by atoms with Crippen LogP contribution in [0.5, 0.6) is 0 Å². The van der Waals surface area contributed by atoms with Crippen molar-refractivity contribution in [1.29, 1.82) is 0 Å². The number of hydrogen-bond donors (Lipinski definition) is 5. The Kier molecular flexibility index (Phi) is 10.7. The molecule has 218 valence electrons. The summed E-state index contributed by atoms with van der Waals surface area (Å²) < 4.78 is 0. The molecule has 1 unspecified atom stereocenters. The van der Waals surface area contributed by atoms with Gasteiger partial charge in [-0.3, -0.25) is 29.3 Å². The largest absolute Gasteiger partial charge is 0.481 e. The maximum atomic E-state index is 12.3. The lowest BCUT2D eigenvalue weighted by Crippen LogP contribution is -2.42. The first-order chi connectivity index (χ1) is 18.9. The Morgan fingerprint density at radius 1 is 1.00 bits per heavy atom. The molecule has 0 radical (unpaired) electrons. The molecule has 2 aliphatic rings. The number of nitrogens with one attached hydrogen (secondary N) is 1. The number of likely N-dealkylation sites (tertiary alicyclic amines) is 1. The number of H-pyrrole nitrogens is 1. The lowest BCUT2D eigenvalue weighted by molar-refractivity contribution is -0.170. The average Bonchev–Trinajstić information content (AvgIpc) is 2.88. The van der Waals surface area contributed by atoms with Crippen LogP contribution in [-0.4, -0.2) is 90.0 Å². The van der Waals surface area contributed by atoms with Crippen LogP contribution in [0.1, 0.15) is 67.9 Å². The summed E-state index contributed by atoms with van der Waals surface area (Å²) in [7, 11) is 0. The quantitative estimate of drug-likeness (QED) is 0.298. The predicted molar refractivity (Wildman–Crippen MR) is 144 cm³/mol. The summed E-state index contributed by atoms with van der Waals surface area (Å²) in [5.74, 6) is -3.95. The first kappa shape index (κ1) is 30.7. The number of aliphatic hydroxyl groups is 1. The van der Waals surface area contributed by atoms with Crippen LogP contribution in [0.15, 0.2) is 29.1 Å². The Bertz CT molecular complexity index is 1230. The van der Waals surface area contributed by atoms with E-state index in [9.17, 15) is 19.2 Å². The Labute approximate surface area is 231 Å². The predicted octanol–water partition coefficient (Wildman–Crippen LogP) is 1.59. The fourth-order valence-electron chi connectivity index (χ4n) is 5.00. The lowest BCUT2D eigenvalue weighted by atomic mass is 9.94. The van der Waals surface area contributed by atoms with Crippen molar-refractivity contribution in [2.24, 2.45) is 0 Å². The highest BCUT2D eigenvalue weighted by Gasteiger charge is 2.40. The van der Waals surface area contributed by atoms with Crippen molar-refractivity contribution in [3.8, 4) is 0 Å². The maximum Gasteiger partial charge on any atom is 0.336 e. The van der Waals surface area contributed by atoms with Crippen molar-refractivity contribution >= 4 is 23.9 Å². The number of aromatic nitrogens is 3. The third-order valence-corrected chi connectivity index (χ3v) is 6.95. The molecule has 2 aromatic heterocycles. The van der Waals surface area contributed by atoms with E-state index in [0.717, 1.165) is 68.6 Å². The van der Waals surface area contributed by atoms with Crippen molar-refractivity contribution in [3.63, 3.8) is 0 Å². The number of nitrogens with zero attached hydrogens (tertiary/aromatic N) is 4. The molecule has 13 nitrogen and oxygen atoms in total. The summed E-state index contributed by atoms with van der Waals surface area (Å²) in [6.45, 7) is 6.88. The molecule has 0 saturated carbocycles. The van der Waals surface area contributed by atoms with E-state index in [-0.39, 0.29) is 5.56 Å². The van der Waals surface area contributed by atoms with Crippen molar-refractivity contribution in [1.82, 2.24) is 19.9 Å². The highest BCUT2D eigenvalue weighted by molar-refractivity contribution is 5.88. The van der Waals surface area contributed by atoms with Crippen molar-refractivity contribution in [2.45, 2.75) is 69.9 Å². The van der Waals surface area contributed by atoms with E-state index in [1.165, 1.54) is 19.3 Å². The van der Waals surface area contributed by atoms with Crippen LogP contribution in [-0.2, 0) is 20.9 Å². The number of aliphatic carboxylic acids is 3. The molecule has 0 bridgehead atoms. The number of carboxylic acid groups (broad SMARTS) is 3. The van der Waals surface area contributed by atoms with Gasteiger partial charge in [-0.1, -0.05) is 6.07 Å². The molecule has 2 aromatic rings. The fraction of sp³-hybridized carbons (Fsp3) is 0.556. The van der Waals surface area contributed by atoms with Gasteiger partial charge in [0.15, 0.2) is 5.60 Å². The van der Waals surface area contributed by atoms with Crippen molar-refractivity contribution in [3.05, 3.63) is 51.7 Å². The van der Waals surface area contributed by atoms with Gasteiger partial charge in [0.25, 0.3) is 5.56 Å². The van der Waals surface area contributed by atoms with Gasteiger partial charge in [-0.2, -0.15) is 0 Å². The van der Waals surface area contributed by atoms with E-state index in [2.05, 4.69) is 31.9 Å². The monoisotopic (exact) mass is 559 g/mol. The molecule has 0 aliphatic carbocycles. The summed E-state index contributed by atoms with van der Waals surface area (Å²) in [6, 6.07) is 7.90. The smallest absolute Gasteiger partial charge is 0.336 e. The minimum atomic E-state index is -2.74. The highest BCUT2D eigenvalue weighted by atomic mass is 16.4. The zero-order chi connectivity index (χ0) is 29.3. The SMILES string of the molecule is Cc1cccc(CN2CCCC(c3cc(=O)[nH]c(N4CCCCC4)n3)C2)n1.O=C(O)CC(O)(CC(=O)O)C(=O)O. The first-order valence-corrected chi connectivity index (χ1v) is 13.4. The number of anilines is 1. The summed E-state index contributed by atoms with van der Waals surface area (Å²) in [4.78, 5) is 59.9. The van der Waals surface area contributed by atoms with Gasteiger partial charge in [-0.15, -0.1) is 0 Å². The molecular weight excluding hydrogens is 522 g/mol. The van der Waals surface area contributed by atoms with E-state index in [4.69, 9.17) is 25.4 Å². The van der Waals surface area contributed by atoms with Crippen LogP contribution in [0.2, 0.25) is 0 Å². The molecule has 0 aromatic carbocycles. The third kappa shape index (κ3) is 9.12. The van der Waals surface area contributed by atoms with Gasteiger partial charge in [-0.25, -0.2) is 9.78 Å². The molecule has 1 atom stereocenters. The Balaban J connectivity index is 0.000000289. The number of rotatable bonds is 9. The Morgan fingerprint density at radius 2 is 1.68 bits per heavy atom. The third-order valence-electron chi connectivity index (χ3n) is 6.95. The molecule has 40 heavy (non-hydrogen) atoms. The van der Waals surface area contributed by atoms with Crippen LogP contribution in [0.3, 0.4) is 0 Å². The molecule has 0 spiro atoms. The summed E-state index contributed by atoms with van der Waals surface area (Å²) in [5, 5.41) is 33.8. The van der Waals surface area contributed by atoms with Crippen molar-refractivity contribution in [2.75, 3.05) is 31.1 Å². The van der Waals surface area contributed by atoms with Crippen molar-refractivity contribution < 1.29 is 34.8 Å². The van der Waals surface area contributed by atoms with E-state index in [0.29, 0.717) is 5.92 Å². The van der Waals surface area contributed by atoms with Gasteiger partial charge >= 0.3 is 17.9 Å². The van der Waals surface area contributed by atoms with Gasteiger partial charge in [0.2, 0.25) is 5.95 Å². The molecule has 13 heteroatoms.